The molecule has 3 aromatic heterocycles. The van der Waals surface area contributed by atoms with Crippen LogP contribution in [-0.2, 0) is 6.42 Å². The first kappa shape index (κ1) is 15.0. The molecule has 6 aromatic rings. The number of rotatable bonds is 2. The number of benzene rings is 3. The van der Waals surface area contributed by atoms with Crippen LogP contribution in [0.15, 0.2) is 66.9 Å². The van der Waals surface area contributed by atoms with Crippen LogP contribution in [0.4, 0.5) is 0 Å². The topological polar surface area (TPSA) is 17.3 Å². The Labute approximate surface area is 157 Å². The zero-order chi connectivity index (χ0) is 18.1. The van der Waals surface area contributed by atoms with E-state index >= 15 is 0 Å². The molecule has 0 amide bonds. The van der Waals surface area contributed by atoms with Crippen molar-refractivity contribution in [1.29, 1.82) is 0 Å². The first-order chi connectivity index (χ1) is 13.2. The van der Waals surface area contributed by atoms with Gasteiger partial charge in [-0.3, -0.25) is 4.98 Å². The third kappa shape index (κ3) is 1.88. The van der Waals surface area contributed by atoms with Crippen LogP contribution >= 0.6 is 0 Å². The minimum Gasteiger partial charge on any atom is -0.308 e. The molecule has 0 spiro atoms. The molecule has 27 heavy (non-hydrogen) atoms. The molecule has 0 saturated heterocycles. The molecule has 2 heteroatoms. The molecular formula is C25H20N2. The van der Waals surface area contributed by atoms with E-state index in [1.807, 2.05) is 6.20 Å². The number of aromatic nitrogens is 2. The van der Waals surface area contributed by atoms with E-state index in [1.165, 1.54) is 49.0 Å². The summed E-state index contributed by atoms with van der Waals surface area (Å²) in [6.07, 6.45) is 3.04. The minimum atomic E-state index is 0.615. The third-order valence-corrected chi connectivity index (χ3v) is 5.77. The van der Waals surface area contributed by atoms with Crippen molar-refractivity contribution in [2.75, 3.05) is 0 Å². The third-order valence-electron chi connectivity index (χ3n) is 5.77. The van der Waals surface area contributed by atoms with Gasteiger partial charge in [-0.2, -0.15) is 0 Å². The Morgan fingerprint density at radius 3 is 2.33 bits per heavy atom. The van der Waals surface area contributed by atoms with Crippen LogP contribution in [0.5, 0.6) is 0 Å². The van der Waals surface area contributed by atoms with Crippen molar-refractivity contribution in [3.05, 3.63) is 72.4 Å². The highest BCUT2D eigenvalue weighted by Gasteiger charge is 2.21. The molecule has 0 unspecified atom stereocenters. The van der Waals surface area contributed by atoms with Crippen LogP contribution in [0.25, 0.3) is 49.0 Å². The van der Waals surface area contributed by atoms with Crippen LogP contribution in [0, 0.1) is 5.92 Å². The number of hydrogen-bond donors (Lipinski definition) is 0. The van der Waals surface area contributed by atoms with Gasteiger partial charge in [0.15, 0.2) is 0 Å². The molecule has 3 heterocycles. The number of para-hydroxylation sites is 2. The zero-order valence-corrected chi connectivity index (χ0v) is 15.5. The summed E-state index contributed by atoms with van der Waals surface area (Å²) in [6, 6.07) is 22.0. The lowest BCUT2D eigenvalue weighted by molar-refractivity contribution is 0.651. The smallest absolute Gasteiger partial charge is 0.0822 e. The summed E-state index contributed by atoms with van der Waals surface area (Å²) in [5, 5.41) is 6.54. The molecule has 0 fully saturated rings. The largest absolute Gasteiger partial charge is 0.308 e. The SMILES string of the molecule is CC(C)Cc1cc2ccnc3c4ccccc4n4c5ccccc5c1c4c23. The van der Waals surface area contributed by atoms with Gasteiger partial charge in [-0.1, -0.05) is 56.3 Å². The number of fused-ring (bicyclic) bond motifs is 6. The Hall–Kier alpha value is -3.13. The standard InChI is InChI=1S/C25H20N2/c1-15(2)13-17-14-16-11-12-26-24-19-8-4-6-10-21(19)27-20-9-5-3-7-18(20)22(17)25(27)23(16)24/h3-12,14-15H,13H2,1-2H3. The fourth-order valence-electron chi connectivity index (χ4n) is 4.83. The summed E-state index contributed by atoms with van der Waals surface area (Å²) in [6.45, 7) is 4.60. The van der Waals surface area contributed by atoms with Crippen molar-refractivity contribution in [2.24, 2.45) is 5.92 Å². The van der Waals surface area contributed by atoms with E-state index in [-0.39, 0.29) is 0 Å². The zero-order valence-electron chi connectivity index (χ0n) is 15.5. The Bertz CT molecular complexity index is 1470. The summed E-state index contributed by atoms with van der Waals surface area (Å²) in [5.41, 5.74) is 6.40. The summed E-state index contributed by atoms with van der Waals surface area (Å²) in [5.74, 6) is 0.615. The molecule has 0 saturated carbocycles. The molecule has 0 atom stereocenters. The molecule has 130 valence electrons. The maximum absolute atomic E-state index is 4.81. The molecule has 6 rings (SSSR count). The van der Waals surface area contributed by atoms with E-state index in [1.54, 1.807) is 0 Å². The molecule has 0 aliphatic carbocycles. The molecule has 0 radical (unpaired) electrons. The lowest BCUT2D eigenvalue weighted by atomic mass is 9.93. The van der Waals surface area contributed by atoms with E-state index in [2.05, 4.69) is 78.9 Å². The van der Waals surface area contributed by atoms with Gasteiger partial charge in [-0.15, -0.1) is 0 Å². The van der Waals surface area contributed by atoms with Crippen molar-refractivity contribution in [2.45, 2.75) is 20.3 Å². The van der Waals surface area contributed by atoms with Gasteiger partial charge >= 0.3 is 0 Å². The maximum atomic E-state index is 4.81. The minimum absolute atomic E-state index is 0.615. The van der Waals surface area contributed by atoms with Gasteiger partial charge in [0.25, 0.3) is 0 Å². The van der Waals surface area contributed by atoms with E-state index in [0.717, 1.165) is 11.9 Å². The summed E-state index contributed by atoms with van der Waals surface area (Å²) >= 11 is 0. The van der Waals surface area contributed by atoms with Gasteiger partial charge in [-0.05, 0) is 41.5 Å². The van der Waals surface area contributed by atoms with E-state index in [0.29, 0.717) is 5.92 Å². The summed E-state index contributed by atoms with van der Waals surface area (Å²) < 4.78 is 2.46. The van der Waals surface area contributed by atoms with E-state index in [4.69, 9.17) is 4.98 Å². The Morgan fingerprint density at radius 1 is 0.852 bits per heavy atom. The number of pyridine rings is 2. The normalized spacial score (nSPS) is 12.6. The number of hydrogen-bond acceptors (Lipinski definition) is 1. The molecule has 0 aliphatic heterocycles. The first-order valence-corrected chi connectivity index (χ1v) is 9.67. The predicted octanol–water partition coefficient (Wildman–Crippen LogP) is 6.58. The van der Waals surface area contributed by atoms with Gasteiger partial charge in [0.1, 0.15) is 0 Å². The summed E-state index contributed by atoms with van der Waals surface area (Å²) in [7, 11) is 0. The van der Waals surface area contributed by atoms with Crippen LogP contribution in [-0.4, -0.2) is 9.38 Å². The highest BCUT2D eigenvalue weighted by Crippen LogP contribution is 2.42. The van der Waals surface area contributed by atoms with Crippen LogP contribution < -0.4 is 0 Å². The van der Waals surface area contributed by atoms with Crippen molar-refractivity contribution >= 4 is 49.0 Å². The predicted molar refractivity (Wildman–Crippen MR) is 115 cm³/mol. The Kier molecular flexibility index (Phi) is 2.88. The Morgan fingerprint density at radius 2 is 1.56 bits per heavy atom. The van der Waals surface area contributed by atoms with Gasteiger partial charge in [0.2, 0.25) is 0 Å². The average molecular weight is 348 g/mol. The lowest BCUT2D eigenvalue weighted by Crippen LogP contribution is -1.98. The second-order valence-electron chi connectivity index (χ2n) is 7.98. The lowest BCUT2D eigenvalue weighted by Gasteiger charge is -2.15. The molecule has 3 aromatic carbocycles. The van der Waals surface area contributed by atoms with Gasteiger partial charge < -0.3 is 4.40 Å². The fraction of sp³-hybridized carbons (Fsp3) is 0.160. The van der Waals surface area contributed by atoms with Crippen molar-refractivity contribution in [1.82, 2.24) is 9.38 Å². The van der Waals surface area contributed by atoms with E-state index < -0.39 is 0 Å². The van der Waals surface area contributed by atoms with Crippen molar-refractivity contribution < 1.29 is 0 Å². The highest BCUT2D eigenvalue weighted by atomic mass is 14.9. The van der Waals surface area contributed by atoms with Crippen LogP contribution in [0.3, 0.4) is 0 Å². The van der Waals surface area contributed by atoms with Gasteiger partial charge in [0.05, 0.1) is 22.1 Å². The quantitative estimate of drug-likeness (QED) is 0.255. The van der Waals surface area contributed by atoms with Gasteiger partial charge in [0, 0.05) is 27.7 Å². The Balaban J connectivity index is 2.04. The van der Waals surface area contributed by atoms with E-state index in [9.17, 15) is 0 Å². The monoisotopic (exact) mass is 348 g/mol. The number of nitrogens with zero attached hydrogens (tertiary/aromatic N) is 2. The van der Waals surface area contributed by atoms with Crippen molar-refractivity contribution in [3.63, 3.8) is 0 Å². The van der Waals surface area contributed by atoms with Crippen molar-refractivity contribution in [3.8, 4) is 0 Å². The molecular weight excluding hydrogens is 328 g/mol. The maximum Gasteiger partial charge on any atom is 0.0822 e. The van der Waals surface area contributed by atoms with Gasteiger partial charge in [-0.25, -0.2) is 0 Å². The highest BCUT2D eigenvalue weighted by molar-refractivity contribution is 6.28. The molecule has 0 N–H and O–H groups in total. The van der Waals surface area contributed by atoms with Crippen LogP contribution in [0.1, 0.15) is 19.4 Å². The molecule has 0 bridgehead atoms. The fourth-order valence-corrected chi connectivity index (χ4v) is 4.83. The summed E-state index contributed by atoms with van der Waals surface area (Å²) in [4.78, 5) is 4.81. The molecule has 2 nitrogen and oxygen atoms in total. The second kappa shape index (κ2) is 5.20. The van der Waals surface area contributed by atoms with Crippen LogP contribution in [0.2, 0.25) is 0 Å². The second-order valence-corrected chi connectivity index (χ2v) is 7.98. The average Bonchev–Trinajstić information content (AvgIpc) is 3.03. The molecule has 0 aliphatic rings. The first-order valence-electron chi connectivity index (χ1n) is 9.67.